The summed E-state index contributed by atoms with van der Waals surface area (Å²) in [5.41, 5.74) is 1.60. The van der Waals surface area contributed by atoms with Gasteiger partial charge in [0.2, 0.25) is 26.6 Å². The topological polar surface area (TPSA) is 63.4 Å². The van der Waals surface area contributed by atoms with E-state index in [9.17, 15) is 12.8 Å². The fraction of sp³-hybridized carbons (Fsp3) is 0.348. The number of anilines is 1. The van der Waals surface area contributed by atoms with Gasteiger partial charge in [-0.2, -0.15) is 4.98 Å². The van der Waals surface area contributed by atoms with Crippen molar-refractivity contribution in [3.63, 3.8) is 0 Å². The van der Waals surface area contributed by atoms with Crippen molar-refractivity contribution in [2.45, 2.75) is 48.9 Å². The summed E-state index contributed by atoms with van der Waals surface area (Å²) in [6.45, 7) is 3.46. The average molecular weight is 429 g/mol. The number of hydrogen-bond acceptors (Lipinski definition) is 5. The van der Waals surface area contributed by atoms with Crippen molar-refractivity contribution in [2.75, 3.05) is 18.0 Å². The van der Waals surface area contributed by atoms with E-state index >= 15 is 0 Å². The van der Waals surface area contributed by atoms with E-state index in [1.807, 2.05) is 24.0 Å². The van der Waals surface area contributed by atoms with Crippen LogP contribution < -0.4 is 4.90 Å². The van der Waals surface area contributed by atoms with E-state index in [4.69, 9.17) is 4.42 Å². The minimum absolute atomic E-state index is 0.0760. The predicted molar refractivity (Wildman–Crippen MR) is 114 cm³/mol. The van der Waals surface area contributed by atoms with Crippen molar-refractivity contribution in [1.82, 2.24) is 4.98 Å². The number of aryl methyl sites for hydroxylation is 1. The van der Waals surface area contributed by atoms with E-state index in [-0.39, 0.29) is 27.5 Å². The molecule has 0 unspecified atom stereocenters. The Hall–Kier alpha value is -2.67. The van der Waals surface area contributed by atoms with Crippen LogP contribution in [0.15, 0.2) is 62.9 Å². The highest BCUT2D eigenvalue weighted by molar-refractivity contribution is 7.91. The molecule has 0 atom stereocenters. The second-order valence-electron chi connectivity index (χ2n) is 7.54. The van der Waals surface area contributed by atoms with E-state index < -0.39 is 9.84 Å². The van der Waals surface area contributed by atoms with Crippen LogP contribution in [0.1, 0.15) is 38.2 Å². The molecule has 30 heavy (non-hydrogen) atoms. The number of aromatic nitrogens is 1. The first-order valence-electron chi connectivity index (χ1n) is 10.3. The van der Waals surface area contributed by atoms with Gasteiger partial charge >= 0.3 is 0 Å². The molecule has 7 heteroatoms. The van der Waals surface area contributed by atoms with Crippen LogP contribution in [-0.2, 0) is 16.3 Å². The normalized spacial score (nSPS) is 15.2. The second kappa shape index (κ2) is 8.60. The highest BCUT2D eigenvalue weighted by atomic mass is 32.2. The first kappa shape index (κ1) is 20.6. The Morgan fingerprint density at radius 1 is 0.967 bits per heavy atom. The van der Waals surface area contributed by atoms with Crippen LogP contribution >= 0.6 is 0 Å². The molecule has 0 spiro atoms. The third-order valence-electron chi connectivity index (χ3n) is 5.46. The summed E-state index contributed by atoms with van der Waals surface area (Å²) in [5.74, 6) is 0.0794. The quantitative estimate of drug-likeness (QED) is 0.555. The Morgan fingerprint density at radius 2 is 1.60 bits per heavy atom. The van der Waals surface area contributed by atoms with Crippen LogP contribution in [0.4, 0.5) is 10.3 Å². The van der Waals surface area contributed by atoms with Gasteiger partial charge in [-0.3, -0.25) is 0 Å². The Morgan fingerprint density at radius 3 is 2.20 bits per heavy atom. The minimum Gasteiger partial charge on any atom is -0.419 e. The maximum atomic E-state index is 13.5. The van der Waals surface area contributed by atoms with E-state index in [1.54, 1.807) is 24.3 Å². The van der Waals surface area contributed by atoms with Crippen LogP contribution in [-0.4, -0.2) is 26.5 Å². The maximum Gasteiger partial charge on any atom is 0.236 e. The summed E-state index contributed by atoms with van der Waals surface area (Å²) in [5, 5.41) is -0.0760. The van der Waals surface area contributed by atoms with Crippen LogP contribution in [0.2, 0.25) is 0 Å². The number of rotatable bonds is 5. The van der Waals surface area contributed by atoms with E-state index in [1.165, 1.54) is 12.1 Å². The predicted octanol–water partition coefficient (Wildman–Crippen LogP) is 5.26. The molecule has 3 aromatic rings. The Labute approximate surface area is 176 Å². The van der Waals surface area contributed by atoms with E-state index in [0.29, 0.717) is 5.56 Å². The summed E-state index contributed by atoms with van der Waals surface area (Å²) in [6.07, 6.45) is 4.98. The highest BCUT2D eigenvalue weighted by Gasteiger charge is 2.31. The van der Waals surface area contributed by atoms with Crippen molar-refractivity contribution in [3.8, 4) is 11.5 Å². The molecule has 0 radical (unpaired) electrons. The van der Waals surface area contributed by atoms with Crippen molar-refractivity contribution in [2.24, 2.45) is 0 Å². The van der Waals surface area contributed by atoms with Crippen LogP contribution in [0.5, 0.6) is 0 Å². The molecular formula is C23H25FN2O3S. The lowest BCUT2D eigenvalue weighted by Gasteiger charge is -2.20. The first-order valence-corrected chi connectivity index (χ1v) is 11.8. The summed E-state index contributed by atoms with van der Waals surface area (Å²) in [7, 11) is -3.87. The number of hydrogen-bond donors (Lipinski definition) is 0. The average Bonchev–Trinajstić information content (AvgIpc) is 3.04. The van der Waals surface area contributed by atoms with Gasteiger partial charge in [0.05, 0.1) is 4.90 Å². The largest absolute Gasteiger partial charge is 0.419 e. The zero-order chi connectivity index (χ0) is 21.1. The molecule has 0 amide bonds. The van der Waals surface area contributed by atoms with Gasteiger partial charge in [0.25, 0.3) is 0 Å². The van der Waals surface area contributed by atoms with E-state index in [2.05, 4.69) is 4.98 Å². The summed E-state index contributed by atoms with van der Waals surface area (Å²) < 4.78 is 46.3. The highest BCUT2D eigenvalue weighted by Crippen LogP contribution is 2.35. The standard InChI is InChI=1S/C23H25FN2O3S/c1-2-17-7-13-20(14-8-17)30(27,28)22-23(26-15-5-3-4-6-16-26)29-21(25-22)18-9-11-19(24)12-10-18/h7-14H,2-6,15-16H2,1H3. The number of benzene rings is 2. The minimum atomic E-state index is -3.87. The smallest absolute Gasteiger partial charge is 0.236 e. The number of nitrogens with zero attached hydrogens (tertiary/aromatic N) is 2. The third-order valence-corrected chi connectivity index (χ3v) is 7.13. The molecule has 1 aliphatic rings. The van der Waals surface area contributed by atoms with Crippen molar-refractivity contribution < 1.29 is 17.2 Å². The summed E-state index contributed by atoms with van der Waals surface area (Å²) in [6, 6.07) is 12.6. The first-order chi connectivity index (χ1) is 14.5. The maximum absolute atomic E-state index is 13.5. The number of oxazole rings is 1. The van der Waals surface area contributed by atoms with Crippen LogP contribution in [0, 0.1) is 5.82 Å². The molecule has 0 bridgehead atoms. The Balaban J connectivity index is 1.82. The van der Waals surface area contributed by atoms with Crippen molar-refractivity contribution in [1.29, 1.82) is 0 Å². The molecule has 1 aromatic heterocycles. The molecule has 1 aliphatic heterocycles. The molecular weight excluding hydrogens is 403 g/mol. The third kappa shape index (κ3) is 4.12. The zero-order valence-electron chi connectivity index (χ0n) is 17.0. The summed E-state index contributed by atoms with van der Waals surface area (Å²) >= 11 is 0. The lowest BCUT2D eigenvalue weighted by molar-refractivity contribution is 0.543. The molecule has 158 valence electrons. The molecule has 1 saturated heterocycles. The SMILES string of the molecule is CCc1ccc(S(=O)(=O)c2nc(-c3ccc(F)cc3)oc2N2CCCCCC2)cc1. The second-order valence-corrected chi connectivity index (χ2v) is 9.40. The van der Waals surface area contributed by atoms with Gasteiger partial charge < -0.3 is 9.32 Å². The van der Waals surface area contributed by atoms with Crippen molar-refractivity contribution in [3.05, 3.63) is 59.9 Å². The van der Waals surface area contributed by atoms with Gasteiger partial charge in [-0.15, -0.1) is 0 Å². The van der Waals surface area contributed by atoms with Gasteiger partial charge in [0.15, 0.2) is 0 Å². The molecule has 1 fully saturated rings. The molecule has 0 saturated carbocycles. The molecule has 5 nitrogen and oxygen atoms in total. The van der Waals surface area contributed by atoms with Gasteiger partial charge in [-0.05, 0) is 61.2 Å². The molecule has 2 heterocycles. The number of sulfone groups is 1. The lowest BCUT2D eigenvalue weighted by atomic mass is 10.2. The molecule has 4 rings (SSSR count). The Kier molecular flexibility index (Phi) is 5.90. The summed E-state index contributed by atoms with van der Waals surface area (Å²) in [4.78, 5) is 6.55. The van der Waals surface area contributed by atoms with Crippen LogP contribution in [0.25, 0.3) is 11.5 Å². The lowest BCUT2D eigenvalue weighted by Crippen LogP contribution is -2.25. The van der Waals surface area contributed by atoms with Gasteiger partial charge in [-0.1, -0.05) is 31.9 Å². The van der Waals surface area contributed by atoms with Crippen LogP contribution in [0.3, 0.4) is 0 Å². The van der Waals surface area contributed by atoms with Crippen molar-refractivity contribution >= 4 is 15.7 Å². The monoisotopic (exact) mass is 428 g/mol. The number of halogens is 1. The molecule has 0 N–H and O–H groups in total. The van der Waals surface area contributed by atoms with Gasteiger partial charge in [0.1, 0.15) is 5.82 Å². The Bertz CT molecular complexity index is 1100. The zero-order valence-corrected chi connectivity index (χ0v) is 17.8. The molecule has 2 aromatic carbocycles. The van der Waals surface area contributed by atoms with E-state index in [0.717, 1.165) is 50.8 Å². The van der Waals surface area contributed by atoms with Gasteiger partial charge in [0, 0.05) is 18.7 Å². The van der Waals surface area contributed by atoms with Gasteiger partial charge in [-0.25, -0.2) is 12.8 Å². The molecule has 0 aliphatic carbocycles. The fourth-order valence-corrected chi connectivity index (χ4v) is 5.00. The fourth-order valence-electron chi connectivity index (χ4n) is 3.68.